The average Bonchev–Trinajstić information content (AvgIpc) is 2.35. The van der Waals surface area contributed by atoms with Gasteiger partial charge in [-0.25, -0.2) is 13.2 Å². The quantitative estimate of drug-likeness (QED) is 0.788. The first-order valence-corrected chi connectivity index (χ1v) is 7.09. The number of carboxylic acids is 1. The largest absolute Gasteiger partial charge is 0.478 e. The highest BCUT2D eigenvalue weighted by atomic mass is 32.2. The lowest BCUT2D eigenvalue weighted by molar-refractivity contribution is -0.0851. The third-order valence-corrected chi connectivity index (χ3v) is 4.47. The van der Waals surface area contributed by atoms with Gasteiger partial charge in [-0.3, -0.25) is 0 Å². The van der Waals surface area contributed by atoms with E-state index in [0.29, 0.717) is 5.56 Å². The molecule has 1 aromatic carbocycles. The number of hydrogen-bond acceptors (Lipinski definition) is 5. The Labute approximate surface area is 111 Å². The molecule has 0 aromatic heterocycles. The maximum atomic E-state index is 12.2. The lowest BCUT2D eigenvalue weighted by Gasteiger charge is -2.15. The van der Waals surface area contributed by atoms with E-state index in [1.165, 1.54) is 26.4 Å². The molecule has 0 fully saturated rings. The summed E-state index contributed by atoms with van der Waals surface area (Å²) >= 11 is 0. The Kier molecular flexibility index (Phi) is 5.04. The van der Waals surface area contributed by atoms with E-state index in [-0.39, 0.29) is 16.2 Å². The lowest BCUT2D eigenvalue weighted by atomic mass is 10.1. The van der Waals surface area contributed by atoms with Crippen molar-refractivity contribution in [3.05, 3.63) is 29.3 Å². The van der Waals surface area contributed by atoms with Gasteiger partial charge in [-0.15, -0.1) is 0 Å². The molecule has 7 heteroatoms. The first-order valence-electron chi connectivity index (χ1n) is 5.44. The fourth-order valence-corrected chi connectivity index (χ4v) is 3.24. The second-order valence-corrected chi connectivity index (χ2v) is 5.97. The molecule has 106 valence electrons. The number of methoxy groups -OCH3 is 2. The topological polar surface area (TPSA) is 89.9 Å². The number of sulfone groups is 1. The maximum absolute atomic E-state index is 12.2. The third-order valence-electron chi connectivity index (χ3n) is 2.65. The fraction of sp³-hybridized carbons (Fsp3) is 0.417. The van der Waals surface area contributed by atoms with Crippen molar-refractivity contribution in [3.8, 4) is 0 Å². The van der Waals surface area contributed by atoms with Crippen LogP contribution in [0, 0.1) is 6.92 Å². The molecular formula is C12H16O6S. The van der Waals surface area contributed by atoms with Gasteiger partial charge >= 0.3 is 5.97 Å². The molecule has 0 heterocycles. The zero-order valence-corrected chi connectivity index (χ0v) is 11.7. The van der Waals surface area contributed by atoms with Crippen LogP contribution in [0.15, 0.2) is 23.1 Å². The third kappa shape index (κ3) is 3.76. The predicted octanol–water partition coefficient (Wildman–Crippen LogP) is 1.09. The van der Waals surface area contributed by atoms with E-state index in [9.17, 15) is 13.2 Å². The van der Waals surface area contributed by atoms with Crippen LogP contribution in [0.5, 0.6) is 0 Å². The highest BCUT2D eigenvalue weighted by molar-refractivity contribution is 7.91. The van der Waals surface area contributed by atoms with E-state index in [2.05, 4.69) is 0 Å². The summed E-state index contributed by atoms with van der Waals surface area (Å²) in [5.74, 6) is -1.55. The zero-order chi connectivity index (χ0) is 14.6. The first kappa shape index (κ1) is 15.6. The van der Waals surface area contributed by atoms with Crippen LogP contribution in [0.2, 0.25) is 0 Å². The molecule has 0 saturated carbocycles. The number of aromatic carboxylic acids is 1. The van der Waals surface area contributed by atoms with Crippen LogP contribution in [-0.4, -0.2) is 45.8 Å². The highest BCUT2D eigenvalue weighted by Crippen LogP contribution is 2.20. The normalized spacial score (nSPS) is 11.8. The number of rotatable bonds is 6. The molecule has 0 aliphatic rings. The number of benzene rings is 1. The van der Waals surface area contributed by atoms with E-state index >= 15 is 0 Å². The van der Waals surface area contributed by atoms with Gasteiger partial charge in [-0.1, -0.05) is 6.07 Å². The van der Waals surface area contributed by atoms with Crippen molar-refractivity contribution >= 4 is 15.8 Å². The van der Waals surface area contributed by atoms with Crippen LogP contribution >= 0.6 is 0 Å². The van der Waals surface area contributed by atoms with E-state index in [1.54, 1.807) is 6.92 Å². The highest BCUT2D eigenvalue weighted by Gasteiger charge is 2.23. The van der Waals surface area contributed by atoms with Crippen LogP contribution in [0.3, 0.4) is 0 Å². The second-order valence-electron chi connectivity index (χ2n) is 3.97. The van der Waals surface area contributed by atoms with E-state index in [4.69, 9.17) is 14.6 Å². The number of ether oxygens (including phenoxy) is 2. The van der Waals surface area contributed by atoms with Crippen LogP contribution < -0.4 is 0 Å². The van der Waals surface area contributed by atoms with Crippen LogP contribution in [0.1, 0.15) is 15.9 Å². The van der Waals surface area contributed by atoms with Crippen molar-refractivity contribution in [1.29, 1.82) is 0 Å². The molecule has 0 atom stereocenters. The van der Waals surface area contributed by atoms with Crippen LogP contribution in [0.25, 0.3) is 0 Å². The van der Waals surface area contributed by atoms with Gasteiger partial charge in [0.15, 0.2) is 16.1 Å². The fourth-order valence-electron chi connectivity index (χ4n) is 1.57. The second kappa shape index (κ2) is 6.14. The number of aryl methyl sites for hydroxylation is 1. The van der Waals surface area contributed by atoms with Crippen LogP contribution in [0.4, 0.5) is 0 Å². The van der Waals surface area contributed by atoms with Gasteiger partial charge in [0, 0.05) is 14.2 Å². The summed E-state index contributed by atoms with van der Waals surface area (Å²) < 4.78 is 34.1. The molecule has 0 aliphatic heterocycles. The minimum atomic E-state index is -3.68. The molecular weight excluding hydrogens is 272 g/mol. The summed E-state index contributed by atoms with van der Waals surface area (Å²) in [7, 11) is -1.01. The van der Waals surface area contributed by atoms with Crippen molar-refractivity contribution < 1.29 is 27.8 Å². The van der Waals surface area contributed by atoms with Crippen molar-refractivity contribution in [2.75, 3.05) is 20.0 Å². The predicted molar refractivity (Wildman–Crippen MR) is 68.0 cm³/mol. The SMILES string of the molecule is COC(CS(=O)(=O)c1cc(C(=O)O)ccc1C)OC. The van der Waals surface area contributed by atoms with Gasteiger partial charge in [-0.2, -0.15) is 0 Å². The number of carboxylic acid groups (broad SMARTS) is 1. The molecule has 0 radical (unpaired) electrons. The first-order chi connectivity index (χ1) is 8.81. The van der Waals surface area contributed by atoms with Crippen molar-refractivity contribution in [3.63, 3.8) is 0 Å². The minimum Gasteiger partial charge on any atom is -0.478 e. The Balaban J connectivity index is 3.20. The van der Waals surface area contributed by atoms with Crippen molar-refractivity contribution in [2.45, 2.75) is 18.1 Å². The van der Waals surface area contributed by atoms with E-state index in [0.717, 1.165) is 6.07 Å². The minimum absolute atomic E-state index is 0.0218. The lowest BCUT2D eigenvalue weighted by Crippen LogP contribution is -2.25. The van der Waals surface area contributed by atoms with E-state index < -0.39 is 22.1 Å². The molecule has 0 unspecified atom stereocenters. The standard InChI is InChI=1S/C12H16O6S/c1-8-4-5-9(12(13)14)6-10(8)19(15,16)7-11(17-2)18-3/h4-6,11H,7H2,1-3H3,(H,13,14). The Hall–Kier alpha value is -1.44. The Morgan fingerprint density at radius 1 is 1.32 bits per heavy atom. The monoisotopic (exact) mass is 288 g/mol. The summed E-state index contributed by atoms with van der Waals surface area (Å²) in [6.45, 7) is 1.60. The Morgan fingerprint density at radius 2 is 1.89 bits per heavy atom. The maximum Gasteiger partial charge on any atom is 0.335 e. The summed E-state index contributed by atoms with van der Waals surface area (Å²) in [6, 6.07) is 3.97. The van der Waals surface area contributed by atoms with Gasteiger partial charge in [0.25, 0.3) is 0 Å². The molecule has 1 rings (SSSR count). The molecule has 1 N–H and O–H groups in total. The molecule has 0 spiro atoms. The Bertz CT molecular complexity index is 560. The van der Waals surface area contributed by atoms with Gasteiger partial charge in [0.05, 0.1) is 10.5 Å². The van der Waals surface area contributed by atoms with E-state index in [1.807, 2.05) is 0 Å². The molecule has 19 heavy (non-hydrogen) atoms. The molecule has 0 bridgehead atoms. The smallest absolute Gasteiger partial charge is 0.335 e. The van der Waals surface area contributed by atoms with Gasteiger partial charge in [0.2, 0.25) is 0 Å². The molecule has 6 nitrogen and oxygen atoms in total. The zero-order valence-electron chi connectivity index (χ0n) is 10.9. The summed E-state index contributed by atoms with van der Waals surface area (Å²) in [5, 5.41) is 8.90. The van der Waals surface area contributed by atoms with Crippen molar-refractivity contribution in [2.24, 2.45) is 0 Å². The van der Waals surface area contributed by atoms with Gasteiger partial charge < -0.3 is 14.6 Å². The number of hydrogen-bond donors (Lipinski definition) is 1. The molecule has 0 aliphatic carbocycles. The number of carbonyl (C=O) groups is 1. The van der Waals surface area contributed by atoms with Crippen molar-refractivity contribution in [1.82, 2.24) is 0 Å². The van der Waals surface area contributed by atoms with Crippen LogP contribution in [-0.2, 0) is 19.3 Å². The molecule has 0 saturated heterocycles. The molecule has 1 aromatic rings. The Morgan fingerprint density at radius 3 is 2.37 bits per heavy atom. The molecule has 0 amide bonds. The summed E-state index contributed by atoms with van der Waals surface area (Å²) in [4.78, 5) is 10.9. The van der Waals surface area contributed by atoms with Gasteiger partial charge in [-0.05, 0) is 24.6 Å². The van der Waals surface area contributed by atoms with Gasteiger partial charge in [0.1, 0.15) is 5.75 Å². The summed E-state index contributed by atoms with van der Waals surface area (Å²) in [6.07, 6.45) is -0.891. The average molecular weight is 288 g/mol. The summed E-state index contributed by atoms with van der Waals surface area (Å²) in [5.41, 5.74) is 0.409.